The summed E-state index contributed by atoms with van der Waals surface area (Å²) in [5.41, 5.74) is 1.36. The molecular formula is C20H23N3O3. The Labute approximate surface area is 152 Å². The van der Waals surface area contributed by atoms with Gasteiger partial charge in [-0.3, -0.25) is 14.6 Å². The third kappa shape index (κ3) is 3.29. The first-order valence-corrected chi connectivity index (χ1v) is 9.27. The lowest BCUT2D eigenvalue weighted by molar-refractivity contribution is -0.140. The summed E-state index contributed by atoms with van der Waals surface area (Å²) in [5.74, 6) is 0.0596. The van der Waals surface area contributed by atoms with Gasteiger partial charge in [0, 0.05) is 44.4 Å². The van der Waals surface area contributed by atoms with Gasteiger partial charge in [0.1, 0.15) is 6.10 Å². The first-order chi connectivity index (χ1) is 12.7. The van der Waals surface area contributed by atoms with E-state index in [2.05, 4.69) is 4.98 Å². The summed E-state index contributed by atoms with van der Waals surface area (Å²) in [6.45, 7) is 3.10. The number of benzene rings is 1. The molecule has 2 fully saturated rings. The second-order valence-corrected chi connectivity index (χ2v) is 6.85. The van der Waals surface area contributed by atoms with Gasteiger partial charge in [0.25, 0.3) is 11.8 Å². The van der Waals surface area contributed by atoms with Crippen molar-refractivity contribution in [3.05, 3.63) is 42.1 Å². The molecule has 0 bridgehead atoms. The van der Waals surface area contributed by atoms with E-state index in [4.69, 9.17) is 4.74 Å². The predicted molar refractivity (Wildman–Crippen MR) is 97.8 cm³/mol. The Hall–Kier alpha value is -2.47. The molecule has 0 radical (unpaired) electrons. The molecular weight excluding hydrogens is 330 g/mol. The third-order valence-corrected chi connectivity index (χ3v) is 5.16. The number of ether oxygens (including phenoxy) is 1. The van der Waals surface area contributed by atoms with Gasteiger partial charge in [-0.05, 0) is 31.4 Å². The van der Waals surface area contributed by atoms with Gasteiger partial charge in [0.15, 0.2) is 0 Å². The van der Waals surface area contributed by atoms with Crippen molar-refractivity contribution in [2.75, 3.05) is 32.8 Å². The highest BCUT2D eigenvalue weighted by Crippen LogP contribution is 2.20. The summed E-state index contributed by atoms with van der Waals surface area (Å²) in [6, 6.07) is 9.52. The highest BCUT2D eigenvalue weighted by Gasteiger charge is 2.30. The Morgan fingerprint density at radius 1 is 1.00 bits per heavy atom. The van der Waals surface area contributed by atoms with Crippen LogP contribution >= 0.6 is 0 Å². The molecule has 136 valence electrons. The van der Waals surface area contributed by atoms with Gasteiger partial charge in [-0.15, -0.1) is 0 Å². The van der Waals surface area contributed by atoms with Gasteiger partial charge in [0.05, 0.1) is 11.1 Å². The second-order valence-electron chi connectivity index (χ2n) is 6.85. The van der Waals surface area contributed by atoms with Crippen LogP contribution in [0.25, 0.3) is 10.9 Å². The lowest BCUT2D eigenvalue weighted by atomic mass is 10.1. The number of para-hydroxylation sites is 1. The van der Waals surface area contributed by atoms with E-state index in [-0.39, 0.29) is 17.9 Å². The quantitative estimate of drug-likeness (QED) is 0.829. The zero-order chi connectivity index (χ0) is 17.9. The minimum atomic E-state index is -0.292. The molecule has 0 spiro atoms. The summed E-state index contributed by atoms with van der Waals surface area (Å²) >= 11 is 0. The maximum absolute atomic E-state index is 13.1. The predicted octanol–water partition coefficient (Wildman–Crippen LogP) is 2.09. The number of hydrogen-bond acceptors (Lipinski definition) is 4. The molecule has 2 aromatic rings. The van der Waals surface area contributed by atoms with E-state index in [0.717, 1.165) is 30.2 Å². The molecule has 2 aliphatic rings. The van der Waals surface area contributed by atoms with Crippen molar-refractivity contribution in [1.82, 2.24) is 14.8 Å². The van der Waals surface area contributed by atoms with Crippen LogP contribution < -0.4 is 0 Å². The Morgan fingerprint density at radius 3 is 2.65 bits per heavy atom. The lowest BCUT2D eigenvalue weighted by Crippen LogP contribution is -2.41. The third-order valence-electron chi connectivity index (χ3n) is 5.16. The number of aromatic nitrogens is 1. The van der Waals surface area contributed by atoms with Crippen LogP contribution in [0.4, 0.5) is 0 Å². The van der Waals surface area contributed by atoms with Gasteiger partial charge in [0.2, 0.25) is 0 Å². The minimum Gasteiger partial charge on any atom is -0.368 e. The minimum absolute atomic E-state index is 0.0132. The fourth-order valence-electron chi connectivity index (χ4n) is 3.76. The topological polar surface area (TPSA) is 62.7 Å². The fraction of sp³-hybridized carbons (Fsp3) is 0.450. The van der Waals surface area contributed by atoms with Crippen LogP contribution in [0.3, 0.4) is 0 Å². The normalized spacial score (nSPS) is 21.0. The highest BCUT2D eigenvalue weighted by molar-refractivity contribution is 6.05. The van der Waals surface area contributed by atoms with Crippen molar-refractivity contribution in [2.24, 2.45) is 0 Å². The average Bonchev–Trinajstić information content (AvgIpc) is 3.11. The number of pyridine rings is 1. The van der Waals surface area contributed by atoms with Crippen LogP contribution in [0.1, 0.15) is 29.6 Å². The number of nitrogens with zero attached hydrogens (tertiary/aromatic N) is 3. The summed E-state index contributed by atoms with van der Waals surface area (Å²) in [5, 5.41) is 0.961. The van der Waals surface area contributed by atoms with E-state index < -0.39 is 0 Å². The molecule has 26 heavy (non-hydrogen) atoms. The van der Waals surface area contributed by atoms with Crippen LogP contribution in [0.2, 0.25) is 0 Å². The van der Waals surface area contributed by atoms with Gasteiger partial charge in [-0.1, -0.05) is 18.2 Å². The van der Waals surface area contributed by atoms with E-state index in [1.807, 2.05) is 40.1 Å². The molecule has 2 aliphatic heterocycles. The highest BCUT2D eigenvalue weighted by atomic mass is 16.5. The SMILES string of the molecule is O=C(c1cccc2cccnc12)N1CCCN(C(=O)[C@@H]2CCCO2)CC1. The molecule has 4 rings (SSSR count). The number of carbonyl (C=O) groups is 2. The Kier molecular flexibility index (Phi) is 4.84. The number of fused-ring (bicyclic) bond motifs is 1. The number of amides is 2. The average molecular weight is 353 g/mol. The van der Waals surface area contributed by atoms with Crippen LogP contribution in [0, 0.1) is 0 Å². The largest absolute Gasteiger partial charge is 0.368 e. The molecule has 0 N–H and O–H groups in total. The molecule has 1 aromatic heterocycles. The molecule has 0 aliphatic carbocycles. The maximum atomic E-state index is 13.1. The second kappa shape index (κ2) is 7.41. The van der Waals surface area contributed by atoms with Gasteiger partial charge in [-0.2, -0.15) is 0 Å². The molecule has 1 aromatic carbocycles. The standard InChI is InChI=1S/C20H23N3O3/c24-19(16-7-1-5-15-6-2-9-21-18(15)16)22-10-4-11-23(13-12-22)20(25)17-8-3-14-26-17/h1-2,5-7,9,17H,3-4,8,10-14H2/t17-/m0/s1. The molecule has 6 nitrogen and oxygen atoms in total. The molecule has 0 saturated carbocycles. The van der Waals surface area contributed by atoms with E-state index in [9.17, 15) is 9.59 Å². The van der Waals surface area contributed by atoms with Crippen LogP contribution in [0.5, 0.6) is 0 Å². The Morgan fingerprint density at radius 2 is 1.81 bits per heavy atom. The smallest absolute Gasteiger partial charge is 0.256 e. The number of carbonyl (C=O) groups excluding carboxylic acids is 2. The van der Waals surface area contributed by atoms with Gasteiger partial charge >= 0.3 is 0 Å². The van der Waals surface area contributed by atoms with Crippen LogP contribution in [-0.2, 0) is 9.53 Å². The van der Waals surface area contributed by atoms with Crippen molar-refractivity contribution in [2.45, 2.75) is 25.4 Å². The fourth-order valence-corrected chi connectivity index (χ4v) is 3.76. The van der Waals surface area contributed by atoms with Crippen molar-refractivity contribution >= 4 is 22.7 Å². The number of hydrogen-bond donors (Lipinski definition) is 0. The first-order valence-electron chi connectivity index (χ1n) is 9.27. The van der Waals surface area contributed by atoms with Crippen molar-refractivity contribution in [3.63, 3.8) is 0 Å². The molecule has 2 amide bonds. The summed E-state index contributed by atoms with van der Waals surface area (Å²) < 4.78 is 5.52. The molecule has 3 heterocycles. The van der Waals surface area contributed by atoms with E-state index in [1.165, 1.54) is 0 Å². The lowest BCUT2D eigenvalue weighted by Gasteiger charge is -2.24. The summed E-state index contributed by atoms with van der Waals surface area (Å²) in [7, 11) is 0. The van der Waals surface area contributed by atoms with Crippen LogP contribution in [0.15, 0.2) is 36.5 Å². The zero-order valence-corrected chi connectivity index (χ0v) is 14.8. The molecule has 2 saturated heterocycles. The van der Waals surface area contributed by atoms with Crippen LogP contribution in [-0.4, -0.2) is 65.5 Å². The summed E-state index contributed by atoms with van der Waals surface area (Å²) in [6.07, 6.45) is 3.95. The molecule has 0 unspecified atom stereocenters. The van der Waals surface area contributed by atoms with E-state index in [0.29, 0.717) is 38.3 Å². The maximum Gasteiger partial charge on any atom is 0.256 e. The Balaban J connectivity index is 1.48. The monoisotopic (exact) mass is 353 g/mol. The first kappa shape index (κ1) is 17.0. The summed E-state index contributed by atoms with van der Waals surface area (Å²) in [4.78, 5) is 33.7. The van der Waals surface area contributed by atoms with Gasteiger partial charge < -0.3 is 14.5 Å². The molecule has 6 heteroatoms. The van der Waals surface area contributed by atoms with Crippen molar-refractivity contribution < 1.29 is 14.3 Å². The van der Waals surface area contributed by atoms with Crippen molar-refractivity contribution in [3.8, 4) is 0 Å². The van der Waals surface area contributed by atoms with E-state index in [1.54, 1.807) is 6.20 Å². The van der Waals surface area contributed by atoms with E-state index >= 15 is 0 Å². The zero-order valence-electron chi connectivity index (χ0n) is 14.8. The molecule has 1 atom stereocenters. The number of rotatable bonds is 2. The van der Waals surface area contributed by atoms with Crippen molar-refractivity contribution in [1.29, 1.82) is 0 Å². The van der Waals surface area contributed by atoms with Gasteiger partial charge in [-0.25, -0.2) is 0 Å². The Bertz CT molecular complexity index is 812.